The lowest BCUT2D eigenvalue weighted by Crippen LogP contribution is -2.12. The highest BCUT2D eigenvalue weighted by Gasteiger charge is 2.16. The smallest absolute Gasteiger partial charge is 0.0545 e. The first-order valence-corrected chi connectivity index (χ1v) is 8.10. The first-order valence-electron chi connectivity index (χ1n) is 6.84. The van der Waals surface area contributed by atoms with E-state index in [0.29, 0.717) is 6.04 Å². The molecule has 1 saturated carbocycles. The summed E-state index contributed by atoms with van der Waals surface area (Å²) in [6, 6.07) is 6.84. The van der Waals surface area contributed by atoms with Gasteiger partial charge in [-0.1, -0.05) is 36.9 Å². The van der Waals surface area contributed by atoms with Crippen molar-refractivity contribution in [1.82, 2.24) is 5.32 Å². The van der Waals surface area contributed by atoms with E-state index in [0.717, 1.165) is 10.3 Å². The van der Waals surface area contributed by atoms with Crippen LogP contribution in [0.4, 0.5) is 0 Å². The SMILES string of the molecule is CNC(C)c1ccc(SC2CCCCC2)c(Cl)c1. The normalized spacial score (nSPS) is 18.8. The van der Waals surface area contributed by atoms with Crippen molar-refractivity contribution < 1.29 is 0 Å². The van der Waals surface area contributed by atoms with Gasteiger partial charge in [-0.05, 0) is 44.5 Å². The van der Waals surface area contributed by atoms with Crippen LogP contribution in [-0.2, 0) is 0 Å². The number of benzene rings is 1. The second kappa shape index (κ2) is 6.83. The molecule has 18 heavy (non-hydrogen) atoms. The van der Waals surface area contributed by atoms with E-state index < -0.39 is 0 Å². The fourth-order valence-electron chi connectivity index (χ4n) is 2.41. The largest absolute Gasteiger partial charge is 0.313 e. The first kappa shape index (κ1) is 14.2. The van der Waals surface area contributed by atoms with E-state index in [1.807, 2.05) is 18.8 Å². The summed E-state index contributed by atoms with van der Waals surface area (Å²) in [5.74, 6) is 0. The Hall–Kier alpha value is -0.180. The van der Waals surface area contributed by atoms with Crippen LogP contribution in [0.15, 0.2) is 23.1 Å². The minimum atomic E-state index is 0.358. The van der Waals surface area contributed by atoms with Crippen molar-refractivity contribution in [3.05, 3.63) is 28.8 Å². The summed E-state index contributed by atoms with van der Waals surface area (Å²) in [6.45, 7) is 2.15. The molecule has 0 spiro atoms. The Labute approximate surface area is 120 Å². The molecule has 1 aliphatic rings. The monoisotopic (exact) mass is 283 g/mol. The van der Waals surface area contributed by atoms with Crippen LogP contribution in [0.25, 0.3) is 0 Å². The summed E-state index contributed by atoms with van der Waals surface area (Å²) in [7, 11) is 1.98. The van der Waals surface area contributed by atoms with E-state index in [1.54, 1.807) is 0 Å². The number of halogens is 1. The van der Waals surface area contributed by atoms with Gasteiger partial charge in [0.25, 0.3) is 0 Å². The zero-order valence-electron chi connectivity index (χ0n) is 11.2. The third kappa shape index (κ3) is 3.66. The Kier molecular flexibility index (Phi) is 5.40. The van der Waals surface area contributed by atoms with Gasteiger partial charge in [0.2, 0.25) is 0 Å². The number of hydrogen-bond acceptors (Lipinski definition) is 2. The van der Waals surface area contributed by atoms with Gasteiger partial charge >= 0.3 is 0 Å². The molecule has 1 fully saturated rings. The van der Waals surface area contributed by atoms with E-state index in [9.17, 15) is 0 Å². The van der Waals surface area contributed by atoms with Crippen molar-refractivity contribution in [2.75, 3.05) is 7.05 Å². The quantitative estimate of drug-likeness (QED) is 0.830. The fourth-order valence-corrected chi connectivity index (χ4v) is 3.98. The van der Waals surface area contributed by atoms with Crippen LogP contribution >= 0.6 is 23.4 Å². The molecule has 0 saturated heterocycles. The Morgan fingerprint density at radius 2 is 2.00 bits per heavy atom. The average Bonchev–Trinajstić information content (AvgIpc) is 2.41. The van der Waals surface area contributed by atoms with Gasteiger partial charge in [0.15, 0.2) is 0 Å². The summed E-state index contributed by atoms with van der Waals surface area (Å²) >= 11 is 8.37. The van der Waals surface area contributed by atoms with E-state index in [-0.39, 0.29) is 0 Å². The molecule has 0 aliphatic heterocycles. The zero-order valence-corrected chi connectivity index (χ0v) is 12.8. The summed E-state index contributed by atoms with van der Waals surface area (Å²) in [6.07, 6.45) is 6.85. The van der Waals surface area contributed by atoms with E-state index in [2.05, 4.69) is 30.4 Å². The molecular weight excluding hydrogens is 262 g/mol. The van der Waals surface area contributed by atoms with Crippen molar-refractivity contribution in [1.29, 1.82) is 0 Å². The molecule has 0 bridgehead atoms. The summed E-state index contributed by atoms with van der Waals surface area (Å²) in [5.41, 5.74) is 1.26. The maximum Gasteiger partial charge on any atom is 0.0545 e. The van der Waals surface area contributed by atoms with E-state index >= 15 is 0 Å². The molecule has 1 aliphatic carbocycles. The van der Waals surface area contributed by atoms with Crippen molar-refractivity contribution in [2.45, 2.75) is 55.2 Å². The molecule has 1 unspecified atom stereocenters. The summed E-state index contributed by atoms with van der Waals surface area (Å²) in [5, 5.41) is 4.92. The highest BCUT2D eigenvalue weighted by atomic mass is 35.5. The third-order valence-corrected chi connectivity index (χ3v) is 5.57. The van der Waals surface area contributed by atoms with Crippen LogP contribution in [0.3, 0.4) is 0 Å². The Bertz CT molecular complexity index is 388. The lowest BCUT2D eigenvalue weighted by molar-refractivity contribution is 0.516. The Morgan fingerprint density at radius 3 is 2.61 bits per heavy atom. The van der Waals surface area contributed by atoms with Crippen LogP contribution in [0.5, 0.6) is 0 Å². The molecular formula is C15H22ClNS. The van der Waals surface area contributed by atoms with Crippen LogP contribution in [0, 0.1) is 0 Å². The molecule has 0 amide bonds. The summed E-state index contributed by atoms with van der Waals surface area (Å²) < 4.78 is 0. The van der Waals surface area contributed by atoms with Crippen molar-refractivity contribution in [2.24, 2.45) is 0 Å². The molecule has 1 aromatic rings. The van der Waals surface area contributed by atoms with Gasteiger partial charge in [-0.25, -0.2) is 0 Å². The molecule has 0 aromatic heterocycles. The van der Waals surface area contributed by atoms with Crippen LogP contribution in [0.2, 0.25) is 5.02 Å². The molecule has 0 radical (unpaired) electrons. The van der Waals surface area contributed by atoms with Gasteiger partial charge in [-0.3, -0.25) is 0 Å². The van der Waals surface area contributed by atoms with Crippen molar-refractivity contribution >= 4 is 23.4 Å². The highest BCUT2D eigenvalue weighted by molar-refractivity contribution is 8.00. The second-order valence-corrected chi connectivity index (χ2v) is 6.83. The average molecular weight is 284 g/mol. The van der Waals surface area contributed by atoms with Gasteiger partial charge in [0.1, 0.15) is 0 Å². The Morgan fingerprint density at radius 1 is 1.28 bits per heavy atom. The number of hydrogen-bond donors (Lipinski definition) is 1. The molecule has 3 heteroatoms. The third-order valence-electron chi connectivity index (χ3n) is 3.73. The molecule has 1 N–H and O–H groups in total. The van der Waals surface area contributed by atoms with Gasteiger partial charge in [-0.15, -0.1) is 11.8 Å². The number of rotatable bonds is 4. The first-order chi connectivity index (χ1) is 8.70. The molecule has 1 aromatic carbocycles. The minimum Gasteiger partial charge on any atom is -0.313 e. The number of nitrogens with one attached hydrogen (secondary N) is 1. The topological polar surface area (TPSA) is 12.0 Å². The standard InChI is InChI=1S/C15H22ClNS/c1-11(17-2)12-8-9-15(14(16)10-12)18-13-6-4-3-5-7-13/h8-11,13,17H,3-7H2,1-2H3. The second-order valence-electron chi connectivity index (χ2n) is 5.08. The van der Waals surface area contributed by atoms with Crippen LogP contribution in [-0.4, -0.2) is 12.3 Å². The predicted octanol–water partition coefficient (Wildman–Crippen LogP) is 5.05. The zero-order chi connectivity index (χ0) is 13.0. The lowest BCUT2D eigenvalue weighted by atomic mass is 10.0. The predicted molar refractivity (Wildman–Crippen MR) is 81.7 cm³/mol. The highest BCUT2D eigenvalue weighted by Crippen LogP contribution is 2.37. The van der Waals surface area contributed by atoms with E-state index in [1.165, 1.54) is 42.6 Å². The minimum absolute atomic E-state index is 0.358. The van der Waals surface area contributed by atoms with Crippen LogP contribution < -0.4 is 5.32 Å². The van der Waals surface area contributed by atoms with E-state index in [4.69, 9.17) is 11.6 Å². The van der Waals surface area contributed by atoms with Crippen LogP contribution in [0.1, 0.15) is 50.6 Å². The number of thioether (sulfide) groups is 1. The molecule has 1 atom stereocenters. The van der Waals surface area contributed by atoms with Gasteiger partial charge in [-0.2, -0.15) is 0 Å². The molecule has 1 nitrogen and oxygen atoms in total. The summed E-state index contributed by atoms with van der Waals surface area (Å²) in [4.78, 5) is 1.25. The maximum atomic E-state index is 6.40. The molecule has 0 heterocycles. The fraction of sp³-hybridized carbons (Fsp3) is 0.600. The van der Waals surface area contributed by atoms with Gasteiger partial charge < -0.3 is 5.32 Å². The van der Waals surface area contributed by atoms with Gasteiger partial charge in [0, 0.05) is 16.2 Å². The molecule has 100 valence electrons. The van der Waals surface area contributed by atoms with Crippen molar-refractivity contribution in [3.63, 3.8) is 0 Å². The van der Waals surface area contributed by atoms with Crippen molar-refractivity contribution in [3.8, 4) is 0 Å². The molecule has 2 rings (SSSR count). The maximum absolute atomic E-state index is 6.40. The Balaban J connectivity index is 2.04. The lowest BCUT2D eigenvalue weighted by Gasteiger charge is -2.22. The van der Waals surface area contributed by atoms with Gasteiger partial charge in [0.05, 0.1) is 5.02 Å².